The monoisotopic (exact) mass is 307 g/mol. The predicted octanol–water partition coefficient (Wildman–Crippen LogP) is 1.65. The van der Waals surface area contributed by atoms with Crippen LogP contribution in [-0.2, 0) is 0 Å². The second kappa shape index (κ2) is 6.66. The van der Waals surface area contributed by atoms with E-state index in [9.17, 15) is 0 Å². The van der Waals surface area contributed by atoms with Crippen LogP contribution >= 0.6 is 12.2 Å². The van der Waals surface area contributed by atoms with Gasteiger partial charge in [-0.1, -0.05) is 19.1 Å². The number of nitrogens with zero attached hydrogens (tertiary/aromatic N) is 4. The Morgan fingerprint density at radius 2 is 1.86 bits per heavy atom. The van der Waals surface area contributed by atoms with Gasteiger partial charge in [0, 0.05) is 32.2 Å². The maximum atomic E-state index is 5.91. The van der Waals surface area contributed by atoms with Crippen molar-refractivity contribution in [1.82, 2.24) is 15.1 Å². The number of rotatable bonds is 4. The number of nitrogens with two attached hydrogens (primary N) is 1. The minimum absolute atomic E-state index is 0.407. The minimum Gasteiger partial charge on any atom is -0.389 e. The van der Waals surface area contributed by atoms with E-state index >= 15 is 0 Å². The molecule has 0 saturated carbocycles. The van der Waals surface area contributed by atoms with E-state index in [0.717, 1.165) is 48.8 Å². The van der Waals surface area contributed by atoms with E-state index < -0.39 is 0 Å². The third kappa shape index (κ3) is 3.32. The lowest BCUT2D eigenvalue weighted by Gasteiger charge is -2.38. The number of hydrogen-bond acceptors (Lipinski definition) is 5. The summed E-state index contributed by atoms with van der Waals surface area (Å²) in [4.78, 5) is 5.18. The van der Waals surface area contributed by atoms with Crippen molar-refractivity contribution in [2.24, 2.45) is 5.73 Å². The van der Waals surface area contributed by atoms with Crippen LogP contribution in [0.4, 0.5) is 5.82 Å². The summed E-state index contributed by atoms with van der Waals surface area (Å²) in [5.41, 5.74) is 8.73. The molecule has 1 aliphatic rings. The molecule has 0 amide bonds. The van der Waals surface area contributed by atoms with Crippen molar-refractivity contribution in [3.8, 4) is 0 Å². The Kier molecular flexibility index (Phi) is 5.11. The number of anilines is 1. The fourth-order valence-electron chi connectivity index (χ4n) is 2.75. The molecule has 1 unspecified atom stereocenters. The average molecular weight is 307 g/mol. The van der Waals surface area contributed by atoms with Crippen molar-refractivity contribution in [2.45, 2.75) is 40.2 Å². The fourth-order valence-corrected chi connectivity index (χ4v) is 2.99. The second-order valence-corrected chi connectivity index (χ2v) is 6.19. The van der Waals surface area contributed by atoms with E-state index in [1.807, 2.05) is 13.8 Å². The van der Waals surface area contributed by atoms with E-state index in [2.05, 4.69) is 33.8 Å². The zero-order valence-electron chi connectivity index (χ0n) is 13.4. The van der Waals surface area contributed by atoms with Gasteiger partial charge < -0.3 is 10.6 Å². The SMILES string of the molecule is CCC(C)N1CCN(c2nnc(C)c(C)c2C(N)=S)CC1. The molecule has 0 spiro atoms. The fraction of sp³-hybridized carbons (Fsp3) is 0.667. The normalized spacial score (nSPS) is 17.8. The number of aryl methyl sites for hydroxylation is 1. The molecule has 5 nitrogen and oxygen atoms in total. The van der Waals surface area contributed by atoms with Gasteiger partial charge in [-0.2, -0.15) is 5.10 Å². The summed E-state index contributed by atoms with van der Waals surface area (Å²) in [6, 6.07) is 0.632. The number of thiocarbonyl (C=S) groups is 1. The zero-order valence-corrected chi connectivity index (χ0v) is 14.2. The number of hydrogen-bond donors (Lipinski definition) is 1. The highest BCUT2D eigenvalue weighted by molar-refractivity contribution is 7.80. The van der Waals surface area contributed by atoms with Gasteiger partial charge in [-0.25, -0.2) is 0 Å². The Labute approximate surface area is 132 Å². The third-order valence-corrected chi connectivity index (χ3v) is 4.71. The Hall–Kier alpha value is -1.27. The lowest BCUT2D eigenvalue weighted by molar-refractivity contribution is 0.192. The summed E-state index contributed by atoms with van der Waals surface area (Å²) in [5, 5.41) is 8.61. The van der Waals surface area contributed by atoms with Crippen molar-refractivity contribution < 1.29 is 0 Å². The highest BCUT2D eigenvalue weighted by Crippen LogP contribution is 2.23. The van der Waals surface area contributed by atoms with Crippen molar-refractivity contribution in [3.05, 3.63) is 16.8 Å². The molecule has 6 heteroatoms. The van der Waals surface area contributed by atoms with E-state index in [0.29, 0.717) is 11.0 Å². The van der Waals surface area contributed by atoms with Crippen LogP contribution in [0.1, 0.15) is 37.1 Å². The van der Waals surface area contributed by atoms with Crippen LogP contribution in [0.2, 0.25) is 0 Å². The first-order valence-corrected chi connectivity index (χ1v) is 7.99. The van der Waals surface area contributed by atoms with Crippen molar-refractivity contribution in [1.29, 1.82) is 0 Å². The van der Waals surface area contributed by atoms with Gasteiger partial charge in [0.1, 0.15) is 4.99 Å². The first-order chi connectivity index (χ1) is 9.95. The van der Waals surface area contributed by atoms with E-state index in [4.69, 9.17) is 18.0 Å². The van der Waals surface area contributed by atoms with E-state index in [-0.39, 0.29) is 0 Å². The Morgan fingerprint density at radius 1 is 1.24 bits per heavy atom. The first-order valence-electron chi connectivity index (χ1n) is 7.58. The molecule has 116 valence electrons. The molecule has 21 heavy (non-hydrogen) atoms. The summed E-state index contributed by atoms with van der Waals surface area (Å²) >= 11 is 5.22. The van der Waals surface area contributed by atoms with Gasteiger partial charge in [-0.05, 0) is 32.8 Å². The van der Waals surface area contributed by atoms with Gasteiger partial charge in [-0.15, -0.1) is 5.10 Å². The summed E-state index contributed by atoms with van der Waals surface area (Å²) < 4.78 is 0. The van der Waals surface area contributed by atoms with Crippen LogP contribution in [0.25, 0.3) is 0 Å². The molecule has 1 aliphatic heterocycles. The molecule has 1 fully saturated rings. The second-order valence-electron chi connectivity index (χ2n) is 5.75. The largest absolute Gasteiger partial charge is 0.389 e. The van der Waals surface area contributed by atoms with Crippen LogP contribution in [0, 0.1) is 13.8 Å². The predicted molar refractivity (Wildman–Crippen MR) is 90.9 cm³/mol. The molecule has 2 rings (SSSR count). The van der Waals surface area contributed by atoms with E-state index in [1.54, 1.807) is 0 Å². The van der Waals surface area contributed by atoms with Crippen molar-refractivity contribution in [2.75, 3.05) is 31.1 Å². The lowest BCUT2D eigenvalue weighted by atomic mass is 10.1. The quantitative estimate of drug-likeness (QED) is 0.854. The molecule has 0 radical (unpaired) electrons. The summed E-state index contributed by atoms with van der Waals surface area (Å²) in [6.07, 6.45) is 1.18. The van der Waals surface area contributed by atoms with Crippen LogP contribution < -0.4 is 10.6 Å². The number of piperazine rings is 1. The topological polar surface area (TPSA) is 58.3 Å². The van der Waals surface area contributed by atoms with Crippen molar-refractivity contribution in [3.63, 3.8) is 0 Å². The minimum atomic E-state index is 0.407. The summed E-state index contributed by atoms with van der Waals surface area (Å²) in [6.45, 7) is 12.4. The molecular weight excluding hydrogens is 282 g/mol. The van der Waals surface area contributed by atoms with Gasteiger partial charge >= 0.3 is 0 Å². The molecule has 0 bridgehead atoms. The summed E-state index contributed by atoms with van der Waals surface area (Å²) in [7, 11) is 0. The van der Waals surface area contributed by atoms with Gasteiger partial charge in [0.2, 0.25) is 0 Å². The molecule has 0 aromatic carbocycles. The van der Waals surface area contributed by atoms with Crippen LogP contribution in [0.15, 0.2) is 0 Å². The molecule has 0 aliphatic carbocycles. The molecule has 1 aromatic rings. The van der Waals surface area contributed by atoms with Crippen molar-refractivity contribution >= 4 is 23.0 Å². The molecule has 1 saturated heterocycles. The highest BCUT2D eigenvalue weighted by atomic mass is 32.1. The Bertz CT molecular complexity index is 523. The average Bonchev–Trinajstić information content (AvgIpc) is 2.48. The van der Waals surface area contributed by atoms with Gasteiger partial charge in [0.15, 0.2) is 5.82 Å². The van der Waals surface area contributed by atoms with Gasteiger partial charge in [0.05, 0.1) is 11.3 Å². The Morgan fingerprint density at radius 3 is 2.38 bits per heavy atom. The first kappa shape index (κ1) is 16.1. The maximum Gasteiger partial charge on any atom is 0.161 e. The maximum absolute atomic E-state index is 5.91. The smallest absolute Gasteiger partial charge is 0.161 e. The van der Waals surface area contributed by atoms with Gasteiger partial charge in [0.25, 0.3) is 0 Å². The molecular formula is C15H25N5S. The Balaban J connectivity index is 2.21. The standard InChI is InChI=1S/C15H25N5S/c1-5-10(2)19-6-8-20(9-7-19)15-13(14(16)21)11(3)12(4)17-18-15/h10H,5-9H2,1-4H3,(H2,16,21). The van der Waals surface area contributed by atoms with E-state index in [1.165, 1.54) is 6.42 Å². The lowest BCUT2D eigenvalue weighted by Crippen LogP contribution is -2.50. The molecule has 2 N–H and O–H groups in total. The van der Waals surface area contributed by atoms with Crippen LogP contribution in [0.5, 0.6) is 0 Å². The van der Waals surface area contributed by atoms with Crippen LogP contribution in [0.3, 0.4) is 0 Å². The molecule has 1 aromatic heterocycles. The summed E-state index contributed by atoms with van der Waals surface area (Å²) in [5.74, 6) is 0.842. The third-order valence-electron chi connectivity index (χ3n) is 4.51. The molecule has 2 heterocycles. The van der Waals surface area contributed by atoms with Gasteiger partial charge in [-0.3, -0.25) is 4.90 Å². The molecule has 1 atom stereocenters. The highest BCUT2D eigenvalue weighted by Gasteiger charge is 2.24. The zero-order chi connectivity index (χ0) is 15.6. The van der Waals surface area contributed by atoms with Crippen LogP contribution in [-0.4, -0.2) is 52.3 Å². The number of aromatic nitrogens is 2.